The van der Waals surface area contributed by atoms with Gasteiger partial charge in [0.1, 0.15) is 11.6 Å². The smallest absolute Gasteiger partial charge is 0.253 e. The third-order valence-electron chi connectivity index (χ3n) is 4.21. The highest BCUT2D eigenvalue weighted by molar-refractivity contribution is 6.09. The molecular weight excluding hydrogens is 335 g/mol. The molecule has 1 heterocycles. The lowest BCUT2D eigenvalue weighted by Crippen LogP contribution is -2.25. The van der Waals surface area contributed by atoms with Crippen molar-refractivity contribution in [2.75, 3.05) is 13.7 Å². The normalized spacial score (nSPS) is 10.7. The van der Waals surface area contributed by atoms with Crippen molar-refractivity contribution in [3.63, 3.8) is 0 Å². The van der Waals surface area contributed by atoms with Crippen molar-refractivity contribution >= 4 is 22.7 Å². The van der Waals surface area contributed by atoms with Crippen molar-refractivity contribution in [3.05, 3.63) is 65.6 Å². The highest BCUT2D eigenvalue weighted by Crippen LogP contribution is 2.22. The monoisotopic (exact) mass is 354 g/mol. The number of carbonyl (C=O) groups excluding carboxylic acids is 2. The second-order valence-corrected chi connectivity index (χ2v) is 5.95. The molecule has 0 atom stereocenters. The number of hydrogen-bond acceptors (Lipinski definition) is 3. The Morgan fingerprint density at radius 2 is 1.88 bits per heavy atom. The minimum absolute atomic E-state index is 0.237. The van der Waals surface area contributed by atoms with Crippen molar-refractivity contribution in [1.29, 1.82) is 0 Å². The largest absolute Gasteiger partial charge is 0.497 e. The maximum absolute atomic E-state index is 13.6. The number of fused-ring (bicyclic) bond motifs is 1. The van der Waals surface area contributed by atoms with Gasteiger partial charge >= 0.3 is 0 Å². The third kappa shape index (κ3) is 3.59. The second-order valence-electron chi connectivity index (χ2n) is 5.95. The van der Waals surface area contributed by atoms with Gasteiger partial charge in [-0.1, -0.05) is 12.1 Å². The number of benzene rings is 2. The molecule has 5 nitrogen and oxygen atoms in total. The average molecular weight is 354 g/mol. The lowest BCUT2D eigenvalue weighted by atomic mass is 10.1. The maximum atomic E-state index is 13.6. The Labute approximate surface area is 150 Å². The first-order valence-electron chi connectivity index (χ1n) is 8.22. The van der Waals surface area contributed by atoms with Crippen LogP contribution in [0.1, 0.15) is 27.6 Å². The predicted molar refractivity (Wildman–Crippen MR) is 97.2 cm³/mol. The summed E-state index contributed by atoms with van der Waals surface area (Å²) in [7, 11) is 1.61. The van der Waals surface area contributed by atoms with Crippen molar-refractivity contribution in [3.8, 4) is 5.75 Å². The standard InChI is InChI=1S/C20H19FN2O3/c1-13(24)23-12-18(17-11-15(21)5-8-19(17)23)20(25)22-10-9-14-3-6-16(26-2)7-4-14/h3-8,11-12H,9-10H2,1-2H3,(H,22,25). The molecule has 2 aromatic carbocycles. The molecule has 1 aromatic heterocycles. The van der Waals surface area contributed by atoms with Crippen LogP contribution in [0.5, 0.6) is 5.75 Å². The summed E-state index contributed by atoms with van der Waals surface area (Å²) in [5.41, 5.74) is 1.85. The topological polar surface area (TPSA) is 60.3 Å². The molecule has 26 heavy (non-hydrogen) atoms. The number of nitrogens with one attached hydrogen (secondary N) is 1. The average Bonchev–Trinajstić information content (AvgIpc) is 3.01. The highest BCUT2D eigenvalue weighted by Gasteiger charge is 2.17. The SMILES string of the molecule is COc1ccc(CCNC(=O)c2cn(C(C)=O)c3ccc(F)cc23)cc1. The Balaban J connectivity index is 1.75. The van der Waals surface area contributed by atoms with E-state index in [0.29, 0.717) is 23.9 Å². The number of rotatable bonds is 5. The molecule has 0 fully saturated rings. The molecule has 3 rings (SSSR count). The minimum atomic E-state index is -0.453. The summed E-state index contributed by atoms with van der Waals surface area (Å²) in [5, 5.41) is 3.24. The summed E-state index contributed by atoms with van der Waals surface area (Å²) < 4.78 is 20.1. The first kappa shape index (κ1) is 17.7. The Morgan fingerprint density at radius 1 is 1.15 bits per heavy atom. The van der Waals surface area contributed by atoms with Gasteiger partial charge in [-0.15, -0.1) is 0 Å². The van der Waals surface area contributed by atoms with E-state index in [2.05, 4.69) is 5.32 Å². The van der Waals surface area contributed by atoms with E-state index in [4.69, 9.17) is 4.74 Å². The number of methoxy groups -OCH3 is 1. The molecule has 0 radical (unpaired) electrons. The van der Waals surface area contributed by atoms with Crippen LogP contribution < -0.4 is 10.1 Å². The van der Waals surface area contributed by atoms with Crippen LogP contribution in [-0.4, -0.2) is 30.0 Å². The Kier molecular flexibility index (Phi) is 5.02. The van der Waals surface area contributed by atoms with E-state index >= 15 is 0 Å². The van der Waals surface area contributed by atoms with Crippen molar-refractivity contribution in [2.45, 2.75) is 13.3 Å². The van der Waals surface area contributed by atoms with Crippen LogP contribution in [0.3, 0.4) is 0 Å². The van der Waals surface area contributed by atoms with Gasteiger partial charge in [0.15, 0.2) is 0 Å². The summed E-state index contributed by atoms with van der Waals surface area (Å²) in [6, 6.07) is 11.6. The summed E-state index contributed by atoms with van der Waals surface area (Å²) in [4.78, 5) is 24.3. The van der Waals surface area contributed by atoms with E-state index in [1.165, 1.54) is 35.9 Å². The molecule has 134 valence electrons. The fourth-order valence-corrected chi connectivity index (χ4v) is 2.85. The quantitative estimate of drug-likeness (QED) is 0.764. The Hall–Kier alpha value is -3.15. The summed E-state index contributed by atoms with van der Waals surface area (Å²) in [6.07, 6.45) is 2.10. The molecule has 0 aliphatic carbocycles. The molecule has 0 aliphatic rings. The van der Waals surface area contributed by atoms with Crippen molar-refractivity contribution in [1.82, 2.24) is 9.88 Å². The van der Waals surface area contributed by atoms with Crippen LogP contribution in [0.2, 0.25) is 0 Å². The number of carbonyl (C=O) groups is 2. The van der Waals surface area contributed by atoms with Crippen LogP contribution >= 0.6 is 0 Å². The molecule has 0 spiro atoms. The molecule has 0 saturated carbocycles. The fraction of sp³-hybridized carbons (Fsp3) is 0.200. The summed E-state index contributed by atoms with van der Waals surface area (Å²) in [6.45, 7) is 1.82. The molecular formula is C20H19FN2O3. The maximum Gasteiger partial charge on any atom is 0.253 e. The van der Waals surface area contributed by atoms with Crippen LogP contribution in [0.15, 0.2) is 48.7 Å². The molecule has 0 saturated heterocycles. The zero-order valence-electron chi connectivity index (χ0n) is 14.6. The van der Waals surface area contributed by atoms with Crippen LogP contribution in [0.4, 0.5) is 4.39 Å². The number of nitrogens with zero attached hydrogens (tertiary/aromatic N) is 1. The van der Waals surface area contributed by atoms with Gasteiger partial charge < -0.3 is 10.1 Å². The van der Waals surface area contributed by atoms with Crippen LogP contribution in [-0.2, 0) is 6.42 Å². The number of hydrogen-bond donors (Lipinski definition) is 1. The van der Waals surface area contributed by atoms with E-state index in [1.807, 2.05) is 24.3 Å². The summed E-state index contributed by atoms with van der Waals surface area (Å²) in [5.74, 6) is -0.254. The zero-order valence-corrected chi connectivity index (χ0v) is 14.6. The first-order valence-corrected chi connectivity index (χ1v) is 8.22. The molecule has 1 N–H and O–H groups in total. The summed E-state index contributed by atoms with van der Waals surface area (Å²) >= 11 is 0. The minimum Gasteiger partial charge on any atom is -0.497 e. The predicted octanol–water partition coefficient (Wildman–Crippen LogP) is 3.42. The van der Waals surface area contributed by atoms with Gasteiger partial charge in [-0.05, 0) is 42.3 Å². The van der Waals surface area contributed by atoms with Crippen molar-refractivity contribution in [2.24, 2.45) is 0 Å². The molecule has 0 bridgehead atoms. The fourth-order valence-electron chi connectivity index (χ4n) is 2.85. The first-order chi connectivity index (χ1) is 12.5. The van der Waals surface area contributed by atoms with E-state index in [9.17, 15) is 14.0 Å². The second kappa shape index (κ2) is 7.39. The molecule has 1 amide bonds. The molecule has 6 heteroatoms. The number of amides is 1. The molecule has 0 aliphatic heterocycles. The highest BCUT2D eigenvalue weighted by atomic mass is 19.1. The van der Waals surface area contributed by atoms with Gasteiger partial charge in [-0.25, -0.2) is 4.39 Å². The number of ether oxygens (including phenoxy) is 1. The van der Waals surface area contributed by atoms with Gasteiger partial charge in [-0.2, -0.15) is 0 Å². The van der Waals surface area contributed by atoms with Gasteiger partial charge in [-0.3, -0.25) is 14.2 Å². The van der Waals surface area contributed by atoms with Crippen molar-refractivity contribution < 1.29 is 18.7 Å². The van der Waals surface area contributed by atoms with E-state index in [1.54, 1.807) is 7.11 Å². The van der Waals surface area contributed by atoms with E-state index in [0.717, 1.165) is 11.3 Å². The molecule has 0 unspecified atom stereocenters. The third-order valence-corrected chi connectivity index (χ3v) is 4.21. The number of halogens is 1. The van der Waals surface area contributed by atoms with Crippen LogP contribution in [0, 0.1) is 5.82 Å². The zero-order chi connectivity index (χ0) is 18.7. The van der Waals surface area contributed by atoms with Crippen LogP contribution in [0.25, 0.3) is 10.9 Å². The Morgan fingerprint density at radius 3 is 2.54 bits per heavy atom. The van der Waals surface area contributed by atoms with E-state index in [-0.39, 0.29) is 17.4 Å². The van der Waals surface area contributed by atoms with Gasteiger partial charge in [0, 0.05) is 25.1 Å². The number of aromatic nitrogens is 1. The van der Waals surface area contributed by atoms with Gasteiger partial charge in [0.05, 0.1) is 18.2 Å². The molecule has 3 aromatic rings. The Bertz CT molecular complexity index is 961. The lowest BCUT2D eigenvalue weighted by molar-refractivity contribution is 0.0941. The van der Waals surface area contributed by atoms with Gasteiger partial charge in [0.25, 0.3) is 5.91 Å². The van der Waals surface area contributed by atoms with Gasteiger partial charge in [0.2, 0.25) is 5.91 Å². The lowest BCUT2D eigenvalue weighted by Gasteiger charge is -2.06. The van der Waals surface area contributed by atoms with E-state index < -0.39 is 5.82 Å².